The molecule has 0 saturated heterocycles. The fraction of sp³-hybridized carbons (Fsp3) is 0.0714. The first kappa shape index (κ1) is 14.5. The zero-order valence-corrected chi connectivity index (χ0v) is 11.3. The lowest BCUT2D eigenvalue weighted by atomic mass is 10.1. The standard InChI is InChI=1S/C14H14N4O3/c1-9-3-2-4-10(7-9)16-14(19)12-8-11(18(20)21)5-6-13(12)17-15/h2-8,17H,15H2,1H3,(H,16,19). The van der Waals surface area contributed by atoms with Gasteiger partial charge in [0, 0.05) is 17.8 Å². The molecule has 7 heteroatoms. The summed E-state index contributed by atoms with van der Waals surface area (Å²) in [7, 11) is 0. The molecule has 2 aromatic carbocycles. The number of nitro groups is 1. The minimum Gasteiger partial charge on any atom is -0.323 e. The van der Waals surface area contributed by atoms with Gasteiger partial charge in [-0.25, -0.2) is 0 Å². The maximum absolute atomic E-state index is 12.3. The van der Waals surface area contributed by atoms with Crippen LogP contribution in [0, 0.1) is 17.0 Å². The molecule has 21 heavy (non-hydrogen) atoms. The van der Waals surface area contributed by atoms with Crippen molar-refractivity contribution in [2.45, 2.75) is 6.92 Å². The summed E-state index contributed by atoms with van der Waals surface area (Å²) >= 11 is 0. The zero-order chi connectivity index (χ0) is 15.4. The molecule has 0 aromatic heterocycles. The lowest BCUT2D eigenvalue weighted by molar-refractivity contribution is -0.384. The molecule has 0 unspecified atom stereocenters. The van der Waals surface area contributed by atoms with Crippen LogP contribution in [0.5, 0.6) is 0 Å². The minimum atomic E-state index is -0.566. The molecule has 2 rings (SSSR count). The molecule has 0 spiro atoms. The second-order valence-corrected chi connectivity index (χ2v) is 4.45. The smallest absolute Gasteiger partial charge is 0.270 e. The molecule has 7 nitrogen and oxygen atoms in total. The highest BCUT2D eigenvalue weighted by molar-refractivity contribution is 6.08. The van der Waals surface area contributed by atoms with Gasteiger partial charge in [-0.3, -0.25) is 20.8 Å². The molecule has 2 aromatic rings. The Morgan fingerprint density at radius 3 is 2.62 bits per heavy atom. The number of hydrazine groups is 1. The lowest BCUT2D eigenvalue weighted by Crippen LogP contribution is -2.17. The van der Waals surface area contributed by atoms with Crippen LogP contribution in [-0.4, -0.2) is 10.8 Å². The van der Waals surface area contributed by atoms with Gasteiger partial charge < -0.3 is 10.7 Å². The molecule has 0 aliphatic heterocycles. The lowest BCUT2D eigenvalue weighted by Gasteiger charge is -2.10. The zero-order valence-electron chi connectivity index (χ0n) is 11.3. The fourth-order valence-electron chi connectivity index (χ4n) is 1.88. The molecule has 0 heterocycles. The van der Waals surface area contributed by atoms with E-state index >= 15 is 0 Å². The van der Waals surface area contributed by atoms with Crippen LogP contribution in [0.1, 0.15) is 15.9 Å². The van der Waals surface area contributed by atoms with Crippen molar-refractivity contribution in [3.05, 3.63) is 63.7 Å². The number of nitrogens with zero attached hydrogens (tertiary/aromatic N) is 1. The first-order valence-electron chi connectivity index (χ1n) is 6.14. The summed E-state index contributed by atoms with van der Waals surface area (Å²) in [5.74, 6) is 4.86. The van der Waals surface area contributed by atoms with E-state index in [0.29, 0.717) is 11.4 Å². The Kier molecular flexibility index (Phi) is 4.15. The number of rotatable bonds is 4. The number of carbonyl (C=O) groups is 1. The van der Waals surface area contributed by atoms with Crippen LogP contribution in [0.4, 0.5) is 17.1 Å². The molecule has 0 bridgehead atoms. The van der Waals surface area contributed by atoms with Crippen molar-refractivity contribution in [1.29, 1.82) is 0 Å². The van der Waals surface area contributed by atoms with Crippen LogP contribution in [0.2, 0.25) is 0 Å². The van der Waals surface area contributed by atoms with E-state index < -0.39 is 10.8 Å². The van der Waals surface area contributed by atoms with Crippen molar-refractivity contribution in [1.82, 2.24) is 0 Å². The number of anilines is 2. The molecule has 0 fully saturated rings. The largest absolute Gasteiger partial charge is 0.323 e. The average Bonchev–Trinajstić information content (AvgIpc) is 2.46. The van der Waals surface area contributed by atoms with Crippen LogP contribution >= 0.6 is 0 Å². The number of nitrogens with two attached hydrogens (primary N) is 1. The molecular weight excluding hydrogens is 272 g/mol. The summed E-state index contributed by atoms with van der Waals surface area (Å²) in [5.41, 5.74) is 4.19. The number of amides is 1. The van der Waals surface area contributed by atoms with Crippen molar-refractivity contribution < 1.29 is 9.72 Å². The van der Waals surface area contributed by atoms with Gasteiger partial charge in [0.2, 0.25) is 0 Å². The Bertz CT molecular complexity index is 700. The van der Waals surface area contributed by atoms with E-state index in [1.165, 1.54) is 18.2 Å². The number of hydrogen-bond donors (Lipinski definition) is 3. The molecule has 0 radical (unpaired) electrons. The molecule has 4 N–H and O–H groups in total. The minimum absolute atomic E-state index is 0.105. The van der Waals surface area contributed by atoms with Crippen molar-refractivity contribution in [2.75, 3.05) is 10.7 Å². The van der Waals surface area contributed by atoms with Crippen LogP contribution in [0.25, 0.3) is 0 Å². The van der Waals surface area contributed by atoms with Crippen molar-refractivity contribution in [3.8, 4) is 0 Å². The van der Waals surface area contributed by atoms with Gasteiger partial charge in [0.15, 0.2) is 0 Å². The first-order chi connectivity index (χ1) is 10.0. The summed E-state index contributed by atoms with van der Waals surface area (Å²) in [5, 5.41) is 13.5. The van der Waals surface area contributed by atoms with E-state index in [2.05, 4.69) is 10.7 Å². The number of benzene rings is 2. The van der Waals surface area contributed by atoms with Crippen LogP contribution in [0.15, 0.2) is 42.5 Å². The van der Waals surface area contributed by atoms with Crippen molar-refractivity contribution in [3.63, 3.8) is 0 Å². The number of carbonyl (C=O) groups excluding carboxylic acids is 1. The molecule has 108 valence electrons. The Morgan fingerprint density at radius 1 is 1.24 bits per heavy atom. The molecule has 0 aliphatic rings. The Hall–Kier alpha value is -2.93. The topological polar surface area (TPSA) is 110 Å². The van der Waals surface area contributed by atoms with Gasteiger partial charge in [0.05, 0.1) is 16.2 Å². The highest BCUT2D eigenvalue weighted by Crippen LogP contribution is 2.22. The van der Waals surface area contributed by atoms with Gasteiger partial charge in [-0.1, -0.05) is 12.1 Å². The van der Waals surface area contributed by atoms with E-state index in [1.807, 2.05) is 13.0 Å². The first-order valence-corrected chi connectivity index (χ1v) is 6.14. The van der Waals surface area contributed by atoms with E-state index in [1.54, 1.807) is 18.2 Å². The Labute approximate surface area is 120 Å². The van der Waals surface area contributed by atoms with Crippen molar-refractivity contribution in [2.24, 2.45) is 5.84 Å². The Balaban J connectivity index is 2.33. The van der Waals surface area contributed by atoms with Gasteiger partial charge in [-0.2, -0.15) is 0 Å². The number of nitrogen functional groups attached to an aromatic ring is 1. The molecule has 0 aliphatic carbocycles. The highest BCUT2D eigenvalue weighted by Gasteiger charge is 2.16. The van der Waals surface area contributed by atoms with E-state index in [4.69, 9.17) is 5.84 Å². The fourth-order valence-corrected chi connectivity index (χ4v) is 1.88. The average molecular weight is 286 g/mol. The summed E-state index contributed by atoms with van der Waals surface area (Å²) in [4.78, 5) is 22.5. The Morgan fingerprint density at radius 2 is 2.00 bits per heavy atom. The van der Waals surface area contributed by atoms with Gasteiger partial charge in [0.1, 0.15) is 0 Å². The second-order valence-electron chi connectivity index (χ2n) is 4.45. The second kappa shape index (κ2) is 6.02. The monoisotopic (exact) mass is 286 g/mol. The van der Waals surface area contributed by atoms with Crippen LogP contribution in [0.3, 0.4) is 0 Å². The van der Waals surface area contributed by atoms with Crippen LogP contribution < -0.4 is 16.6 Å². The molecule has 1 amide bonds. The van der Waals surface area contributed by atoms with Gasteiger partial charge in [-0.15, -0.1) is 0 Å². The van der Waals surface area contributed by atoms with Crippen molar-refractivity contribution >= 4 is 23.0 Å². The predicted octanol–water partition coefficient (Wildman–Crippen LogP) is 2.44. The third kappa shape index (κ3) is 3.34. The number of nitrogens with one attached hydrogen (secondary N) is 2. The van der Waals surface area contributed by atoms with Gasteiger partial charge >= 0.3 is 0 Å². The molecular formula is C14H14N4O3. The third-order valence-electron chi connectivity index (χ3n) is 2.89. The predicted molar refractivity (Wildman–Crippen MR) is 80.0 cm³/mol. The summed E-state index contributed by atoms with van der Waals surface area (Å²) < 4.78 is 0. The number of nitro benzene ring substituents is 1. The number of hydrogen-bond acceptors (Lipinski definition) is 5. The van der Waals surface area contributed by atoms with E-state index in [-0.39, 0.29) is 11.3 Å². The highest BCUT2D eigenvalue weighted by atomic mass is 16.6. The molecule has 0 atom stereocenters. The maximum atomic E-state index is 12.3. The molecule has 0 saturated carbocycles. The summed E-state index contributed by atoms with van der Waals surface area (Å²) in [6.07, 6.45) is 0. The van der Waals surface area contributed by atoms with Gasteiger partial charge in [0.25, 0.3) is 11.6 Å². The summed E-state index contributed by atoms with van der Waals surface area (Å²) in [6, 6.07) is 11.1. The third-order valence-corrected chi connectivity index (χ3v) is 2.89. The SMILES string of the molecule is Cc1cccc(NC(=O)c2cc([N+](=O)[O-])ccc2NN)c1. The van der Waals surface area contributed by atoms with Crippen LogP contribution in [-0.2, 0) is 0 Å². The van der Waals surface area contributed by atoms with Gasteiger partial charge in [-0.05, 0) is 30.7 Å². The maximum Gasteiger partial charge on any atom is 0.270 e. The summed E-state index contributed by atoms with van der Waals surface area (Å²) in [6.45, 7) is 1.90. The number of aryl methyl sites for hydroxylation is 1. The normalized spacial score (nSPS) is 10.0. The number of non-ortho nitro benzene ring substituents is 1. The quantitative estimate of drug-likeness (QED) is 0.454. The van der Waals surface area contributed by atoms with E-state index in [0.717, 1.165) is 5.56 Å². The van der Waals surface area contributed by atoms with E-state index in [9.17, 15) is 14.9 Å².